The second-order valence-electron chi connectivity index (χ2n) is 5.30. The smallest absolute Gasteiger partial charge is 0.193 e. The fourth-order valence-corrected chi connectivity index (χ4v) is 2.34. The van der Waals surface area contributed by atoms with Gasteiger partial charge in [0.2, 0.25) is 0 Å². The van der Waals surface area contributed by atoms with E-state index in [1.165, 1.54) is 0 Å². The first kappa shape index (κ1) is 22.0. The van der Waals surface area contributed by atoms with Crippen molar-refractivity contribution in [2.24, 2.45) is 10.7 Å². The molecule has 0 aliphatic rings. The number of ether oxygens (including phenoxy) is 3. The number of nitrogens with one attached hydrogen (secondary N) is 1. The van der Waals surface area contributed by atoms with Crippen LogP contribution in [0.15, 0.2) is 47.5 Å². The van der Waals surface area contributed by atoms with Crippen LogP contribution in [0.5, 0.6) is 11.5 Å². The highest BCUT2D eigenvalue weighted by Crippen LogP contribution is 2.29. The van der Waals surface area contributed by atoms with Gasteiger partial charge in [-0.1, -0.05) is 24.3 Å². The van der Waals surface area contributed by atoms with Gasteiger partial charge in [0, 0.05) is 18.4 Å². The van der Waals surface area contributed by atoms with Crippen molar-refractivity contribution in [1.29, 1.82) is 0 Å². The maximum Gasteiger partial charge on any atom is 0.193 e. The van der Waals surface area contributed by atoms with Gasteiger partial charge < -0.3 is 25.3 Å². The number of nitrogens with zero attached hydrogens (tertiary/aromatic N) is 1. The monoisotopic (exact) mass is 471 g/mol. The molecule has 26 heavy (non-hydrogen) atoms. The van der Waals surface area contributed by atoms with E-state index in [-0.39, 0.29) is 24.0 Å². The molecule has 0 spiro atoms. The number of nitrogens with two attached hydrogens (primary N) is 1. The van der Waals surface area contributed by atoms with Crippen LogP contribution in [0, 0.1) is 0 Å². The molecule has 0 radical (unpaired) electrons. The zero-order valence-corrected chi connectivity index (χ0v) is 17.7. The first-order valence-corrected chi connectivity index (χ1v) is 8.11. The van der Waals surface area contributed by atoms with Crippen LogP contribution in [0.2, 0.25) is 0 Å². The Morgan fingerprint density at radius 2 is 1.73 bits per heavy atom. The predicted molar refractivity (Wildman–Crippen MR) is 116 cm³/mol. The van der Waals surface area contributed by atoms with Crippen LogP contribution in [0.4, 0.5) is 5.69 Å². The number of rotatable bonds is 8. The van der Waals surface area contributed by atoms with Gasteiger partial charge in [0.1, 0.15) is 0 Å². The summed E-state index contributed by atoms with van der Waals surface area (Å²) < 4.78 is 16.0. The average molecular weight is 471 g/mol. The minimum absolute atomic E-state index is 0. The van der Waals surface area contributed by atoms with Crippen LogP contribution in [-0.4, -0.2) is 26.8 Å². The summed E-state index contributed by atoms with van der Waals surface area (Å²) in [5.41, 5.74) is 8.99. The Morgan fingerprint density at radius 3 is 2.38 bits per heavy atom. The van der Waals surface area contributed by atoms with Crippen molar-refractivity contribution in [2.45, 2.75) is 20.1 Å². The molecule has 0 atom stereocenters. The molecule has 3 N–H and O–H groups in total. The Morgan fingerprint density at radius 1 is 1.04 bits per heavy atom. The average Bonchev–Trinajstić information content (AvgIpc) is 2.65. The van der Waals surface area contributed by atoms with Crippen LogP contribution < -0.4 is 20.5 Å². The number of aliphatic imine (C=N–C) groups is 1. The van der Waals surface area contributed by atoms with Gasteiger partial charge in [0.25, 0.3) is 0 Å². The van der Waals surface area contributed by atoms with E-state index >= 15 is 0 Å². The summed E-state index contributed by atoms with van der Waals surface area (Å²) in [7, 11) is 3.19. The molecule has 2 aromatic carbocycles. The fourth-order valence-electron chi connectivity index (χ4n) is 2.34. The van der Waals surface area contributed by atoms with Gasteiger partial charge in [0.15, 0.2) is 17.5 Å². The van der Waals surface area contributed by atoms with E-state index in [1.54, 1.807) is 14.2 Å². The van der Waals surface area contributed by atoms with E-state index in [9.17, 15) is 0 Å². The maximum absolute atomic E-state index is 6.00. The number of benzene rings is 2. The lowest BCUT2D eigenvalue weighted by atomic mass is 10.1. The third-order valence-corrected chi connectivity index (χ3v) is 3.66. The van der Waals surface area contributed by atoms with E-state index in [2.05, 4.69) is 10.3 Å². The van der Waals surface area contributed by atoms with Crippen LogP contribution in [0.1, 0.15) is 18.1 Å². The Balaban J connectivity index is 0.00000338. The molecule has 142 valence electrons. The van der Waals surface area contributed by atoms with Crippen molar-refractivity contribution in [3.8, 4) is 11.5 Å². The van der Waals surface area contributed by atoms with Gasteiger partial charge in [-0.25, -0.2) is 4.99 Å². The number of hydrogen-bond acceptors (Lipinski definition) is 4. The summed E-state index contributed by atoms with van der Waals surface area (Å²) >= 11 is 0. The summed E-state index contributed by atoms with van der Waals surface area (Å²) in [4.78, 5) is 4.41. The molecule has 0 fully saturated rings. The van der Waals surface area contributed by atoms with E-state index in [0.29, 0.717) is 37.2 Å². The molecule has 7 heteroatoms. The summed E-state index contributed by atoms with van der Waals surface area (Å²) in [5, 5.41) is 3.06. The summed E-state index contributed by atoms with van der Waals surface area (Å²) in [6.45, 7) is 3.72. The highest BCUT2D eigenvalue weighted by molar-refractivity contribution is 14.0. The van der Waals surface area contributed by atoms with E-state index in [0.717, 1.165) is 16.8 Å². The highest BCUT2D eigenvalue weighted by atomic mass is 127. The van der Waals surface area contributed by atoms with Crippen LogP contribution in [0.3, 0.4) is 0 Å². The molecule has 0 aromatic heterocycles. The van der Waals surface area contributed by atoms with Crippen LogP contribution in [0.25, 0.3) is 0 Å². The van der Waals surface area contributed by atoms with E-state index < -0.39 is 0 Å². The molecule has 0 saturated carbocycles. The van der Waals surface area contributed by atoms with Crippen molar-refractivity contribution < 1.29 is 14.2 Å². The fraction of sp³-hybridized carbons (Fsp3) is 0.316. The van der Waals surface area contributed by atoms with Gasteiger partial charge in [-0.3, -0.25) is 0 Å². The van der Waals surface area contributed by atoms with Crippen molar-refractivity contribution in [1.82, 2.24) is 0 Å². The summed E-state index contributed by atoms with van der Waals surface area (Å²) in [6.07, 6.45) is 0. The van der Waals surface area contributed by atoms with Crippen molar-refractivity contribution in [3.63, 3.8) is 0 Å². The van der Waals surface area contributed by atoms with Crippen LogP contribution in [-0.2, 0) is 17.9 Å². The van der Waals surface area contributed by atoms with Gasteiger partial charge >= 0.3 is 0 Å². The molecule has 0 unspecified atom stereocenters. The van der Waals surface area contributed by atoms with E-state index in [4.69, 9.17) is 19.9 Å². The van der Waals surface area contributed by atoms with Gasteiger partial charge in [0.05, 0.1) is 27.4 Å². The van der Waals surface area contributed by atoms with Crippen LogP contribution >= 0.6 is 24.0 Å². The molecule has 6 nitrogen and oxygen atoms in total. The molecule has 2 aromatic rings. The number of halogens is 1. The lowest BCUT2D eigenvalue weighted by Crippen LogP contribution is -2.22. The largest absolute Gasteiger partial charge is 0.493 e. The second kappa shape index (κ2) is 11.6. The molecular formula is C19H26IN3O3. The van der Waals surface area contributed by atoms with Gasteiger partial charge in [-0.05, 0) is 30.2 Å². The molecule has 0 aliphatic carbocycles. The zero-order valence-electron chi connectivity index (χ0n) is 15.3. The Kier molecular flexibility index (Phi) is 9.82. The topological polar surface area (TPSA) is 78.1 Å². The molecule has 2 rings (SSSR count). The lowest BCUT2D eigenvalue weighted by Gasteiger charge is -2.11. The standard InChI is InChI=1S/C19H25N3O3.HI/c1-4-25-13-15-8-6-5-7-14(15)12-21-19(20)22-16-9-10-17(23-2)18(11-16)24-3;/h5-11H,4,12-13H2,1-3H3,(H3,20,21,22);1H. The minimum atomic E-state index is 0. The van der Waals surface area contributed by atoms with Gasteiger partial charge in [-0.15, -0.1) is 24.0 Å². The number of guanidine groups is 1. The first-order valence-electron chi connectivity index (χ1n) is 8.11. The Bertz CT molecular complexity index is 723. The highest BCUT2D eigenvalue weighted by Gasteiger charge is 2.06. The third kappa shape index (κ3) is 6.38. The minimum Gasteiger partial charge on any atom is -0.493 e. The summed E-state index contributed by atoms with van der Waals surface area (Å²) in [6, 6.07) is 13.5. The van der Waals surface area contributed by atoms with Crippen molar-refractivity contribution in [2.75, 3.05) is 26.1 Å². The number of hydrogen-bond donors (Lipinski definition) is 2. The third-order valence-electron chi connectivity index (χ3n) is 3.66. The lowest BCUT2D eigenvalue weighted by molar-refractivity contribution is 0.133. The second-order valence-corrected chi connectivity index (χ2v) is 5.30. The number of methoxy groups -OCH3 is 2. The van der Waals surface area contributed by atoms with Crippen molar-refractivity contribution >= 4 is 35.6 Å². The quantitative estimate of drug-likeness (QED) is 0.348. The number of anilines is 1. The first-order chi connectivity index (χ1) is 12.2. The molecule has 0 saturated heterocycles. The molecule has 0 amide bonds. The molecular weight excluding hydrogens is 445 g/mol. The van der Waals surface area contributed by atoms with E-state index in [1.807, 2.05) is 49.4 Å². The van der Waals surface area contributed by atoms with Crippen molar-refractivity contribution in [3.05, 3.63) is 53.6 Å². The Hall–Kier alpha value is -2.00. The van der Waals surface area contributed by atoms with Gasteiger partial charge in [-0.2, -0.15) is 0 Å². The SMILES string of the molecule is CCOCc1ccccc1CN=C(N)Nc1ccc(OC)c(OC)c1.I. The maximum atomic E-state index is 6.00. The normalized spacial score (nSPS) is 10.8. The summed E-state index contributed by atoms with van der Waals surface area (Å²) in [5.74, 6) is 1.62. The molecule has 0 bridgehead atoms. The molecule has 0 aliphatic heterocycles. The zero-order chi connectivity index (χ0) is 18.1. The predicted octanol–water partition coefficient (Wildman–Crippen LogP) is 3.79. The molecule has 0 heterocycles. The Labute approximate surface area is 171 Å².